The third kappa shape index (κ3) is 10.5. The van der Waals surface area contributed by atoms with E-state index in [1.165, 1.54) is 0 Å². The lowest BCUT2D eigenvalue weighted by molar-refractivity contribution is 0.222. The average Bonchev–Trinajstić information content (AvgIpc) is 2.47. The van der Waals surface area contributed by atoms with E-state index in [0.717, 1.165) is 16.5 Å². The predicted octanol–water partition coefficient (Wildman–Crippen LogP) is 2.33. The highest BCUT2D eigenvalue weighted by atomic mass is 127. The highest BCUT2D eigenvalue weighted by Gasteiger charge is 2.22. The Hall–Kier alpha value is -0.590. The van der Waals surface area contributed by atoms with E-state index in [9.17, 15) is 8.42 Å². The van der Waals surface area contributed by atoms with Gasteiger partial charge in [-0.25, -0.2) is 13.1 Å². The number of benzene rings is 1. The fraction of sp³-hybridized carbons (Fsp3) is 0.562. The number of sulfonamides is 1. The molecular formula is C16H28BrIN4O3S. The Kier molecular flexibility index (Phi) is 11.0. The molecule has 0 aliphatic carbocycles. The van der Waals surface area contributed by atoms with Crippen molar-refractivity contribution in [1.82, 2.24) is 15.4 Å². The summed E-state index contributed by atoms with van der Waals surface area (Å²) in [5, 5.41) is 6.28. The van der Waals surface area contributed by atoms with Gasteiger partial charge in [-0.15, -0.1) is 24.0 Å². The molecule has 150 valence electrons. The monoisotopic (exact) mass is 562 g/mol. The van der Waals surface area contributed by atoms with Gasteiger partial charge in [0.05, 0.1) is 17.3 Å². The summed E-state index contributed by atoms with van der Waals surface area (Å²) in [4.78, 5) is 4.14. The van der Waals surface area contributed by atoms with Crippen molar-refractivity contribution < 1.29 is 13.2 Å². The smallest absolute Gasteiger partial charge is 0.209 e. The molecule has 1 rings (SSSR count). The van der Waals surface area contributed by atoms with Crippen molar-refractivity contribution in [2.24, 2.45) is 4.99 Å². The van der Waals surface area contributed by atoms with Crippen molar-refractivity contribution in [2.45, 2.75) is 32.4 Å². The van der Waals surface area contributed by atoms with Crippen LogP contribution in [0, 0.1) is 0 Å². The van der Waals surface area contributed by atoms with Crippen LogP contribution in [0.5, 0.6) is 5.75 Å². The zero-order valence-corrected chi connectivity index (χ0v) is 20.4. The highest BCUT2D eigenvalue weighted by molar-refractivity contribution is 14.0. The van der Waals surface area contributed by atoms with Gasteiger partial charge in [-0.1, -0.05) is 12.1 Å². The molecule has 1 aromatic carbocycles. The number of guanidine groups is 1. The van der Waals surface area contributed by atoms with Gasteiger partial charge in [-0.2, -0.15) is 0 Å². The first-order valence-electron chi connectivity index (χ1n) is 7.87. The van der Waals surface area contributed by atoms with E-state index < -0.39 is 15.6 Å². The van der Waals surface area contributed by atoms with Crippen LogP contribution < -0.4 is 20.1 Å². The molecule has 1 atom stereocenters. The molecule has 0 amide bonds. The number of rotatable bonds is 8. The first-order chi connectivity index (χ1) is 11.5. The minimum Gasteiger partial charge on any atom is -0.488 e. The second-order valence-electron chi connectivity index (χ2n) is 6.42. The van der Waals surface area contributed by atoms with Crippen molar-refractivity contribution in [3.05, 3.63) is 28.7 Å². The molecule has 1 aromatic rings. The maximum absolute atomic E-state index is 11.4. The van der Waals surface area contributed by atoms with Gasteiger partial charge in [-0.05, 0) is 48.8 Å². The Morgan fingerprint density at radius 3 is 2.46 bits per heavy atom. The van der Waals surface area contributed by atoms with E-state index in [2.05, 4.69) is 36.3 Å². The first-order valence-corrected chi connectivity index (χ1v) is 10.6. The van der Waals surface area contributed by atoms with E-state index in [1.807, 2.05) is 31.2 Å². The number of hydrogen-bond donors (Lipinski definition) is 3. The summed E-state index contributed by atoms with van der Waals surface area (Å²) in [5.74, 6) is 1.35. The number of aliphatic imine (C=N–C) groups is 1. The lowest BCUT2D eigenvalue weighted by atomic mass is 10.1. The molecule has 0 aliphatic rings. The maximum Gasteiger partial charge on any atom is 0.209 e. The van der Waals surface area contributed by atoms with Crippen LogP contribution in [0.3, 0.4) is 0 Å². The second-order valence-corrected chi connectivity index (χ2v) is 9.03. The van der Waals surface area contributed by atoms with Crippen LogP contribution in [0.4, 0.5) is 0 Å². The molecule has 0 aromatic heterocycles. The van der Waals surface area contributed by atoms with Crippen molar-refractivity contribution in [1.29, 1.82) is 0 Å². The molecule has 0 radical (unpaired) electrons. The molecule has 26 heavy (non-hydrogen) atoms. The largest absolute Gasteiger partial charge is 0.488 e. The van der Waals surface area contributed by atoms with E-state index in [4.69, 9.17) is 4.74 Å². The molecule has 0 bridgehead atoms. The van der Waals surface area contributed by atoms with Gasteiger partial charge in [0.2, 0.25) is 10.0 Å². The number of nitrogens with zero attached hydrogens (tertiary/aromatic N) is 1. The van der Waals surface area contributed by atoms with E-state index in [1.54, 1.807) is 20.9 Å². The standard InChI is InChI=1S/C16H27BrN4O3S.HI/c1-12(24-14-9-7-6-8-13(14)17)10-19-15(18-4)20-11-16(2,3)21-25(5,22)23;/h6-9,12,21H,10-11H2,1-5H3,(H2,18,19,20);1H. The number of halogens is 2. The molecule has 3 N–H and O–H groups in total. The zero-order chi connectivity index (χ0) is 19.1. The Bertz CT molecular complexity index is 698. The zero-order valence-electron chi connectivity index (χ0n) is 15.7. The summed E-state index contributed by atoms with van der Waals surface area (Å²) >= 11 is 3.45. The van der Waals surface area contributed by atoms with Crippen LogP contribution in [0.1, 0.15) is 20.8 Å². The fourth-order valence-electron chi connectivity index (χ4n) is 2.10. The number of para-hydroxylation sites is 1. The number of nitrogens with one attached hydrogen (secondary N) is 3. The molecule has 0 saturated carbocycles. The number of ether oxygens (including phenoxy) is 1. The minimum absolute atomic E-state index is 0. The molecule has 0 fully saturated rings. The van der Waals surface area contributed by atoms with Crippen molar-refractivity contribution >= 4 is 55.9 Å². The SMILES string of the molecule is CN=C(NCC(C)Oc1ccccc1Br)NCC(C)(C)NS(C)(=O)=O.I. The quantitative estimate of drug-likeness (QED) is 0.257. The molecule has 7 nitrogen and oxygen atoms in total. The van der Waals surface area contributed by atoms with Gasteiger partial charge < -0.3 is 15.4 Å². The van der Waals surface area contributed by atoms with Crippen molar-refractivity contribution in [2.75, 3.05) is 26.4 Å². The Morgan fingerprint density at radius 2 is 1.92 bits per heavy atom. The van der Waals surface area contributed by atoms with E-state index in [-0.39, 0.29) is 30.1 Å². The summed E-state index contributed by atoms with van der Waals surface area (Å²) in [7, 11) is -1.62. The van der Waals surface area contributed by atoms with Crippen LogP contribution in [0.15, 0.2) is 33.7 Å². The lowest BCUT2D eigenvalue weighted by Crippen LogP contribution is -2.53. The normalized spacial score (nSPS) is 13.5. The van der Waals surface area contributed by atoms with Crippen LogP contribution >= 0.6 is 39.9 Å². The Balaban J connectivity index is 0.00000625. The topological polar surface area (TPSA) is 91.8 Å². The lowest BCUT2D eigenvalue weighted by Gasteiger charge is -2.26. The van der Waals surface area contributed by atoms with Gasteiger partial charge in [-0.3, -0.25) is 4.99 Å². The van der Waals surface area contributed by atoms with Gasteiger partial charge in [0.1, 0.15) is 11.9 Å². The van der Waals surface area contributed by atoms with Crippen LogP contribution in [0.2, 0.25) is 0 Å². The van der Waals surface area contributed by atoms with Crippen LogP contribution in [-0.4, -0.2) is 52.4 Å². The second kappa shape index (κ2) is 11.3. The summed E-state index contributed by atoms with van der Waals surface area (Å²) in [6, 6.07) is 7.66. The van der Waals surface area contributed by atoms with Gasteiger partial charge in [0.25, 0.3) is 0 Å². The first kappa shape index (κ1) is 25.4. The molecule has 0 aliphatic heterocycles. The van der Waals surface area contributed by atoms with E-state index in [0.29, 0.717) is 19.0 Å². The Morgan fingerprint density at radius 1 is 1.31 bits per heavy atom. The highest BCUT2D eigenvalue weighted by Crippen LogP contribution is 2.24. The molecule has 0 spiro atoms. The molecule has 1 unspecified atom stereocenters. The fourth-order valence-corrected chi connectivity index (χ4v) is 3.56. The third-order valence-corrected chi connectivity index (χ3v) is 4.68. The molecule has 10 heteroatoms. The Labute approximate surface area is 182 Å². The minimum atomic E-state index is -3.28. The van der Waals surface area contributed by atoms with E-state index >= 15 is 0 Å². The summed E-state index contributed by atoms with van der Waals surface area (Å²) in [5.41, 5.74) is -0.637. The summed E-state index contributed by atoms with van der Waals surface area (Å²) in [6.07, 6.45) is 1.06. The summed E-state index contributed by atoms with van der Waals surface area (Å²) < 4.78 is 32.1. The van der Waals surface area contributed by atoms with Gasteiger partial charge in [0, 0.05) is 19.1 Å². The van der Waals surface area contributed by atoms with Crippen LogP contribution in [-0.2, 0) is 10.0 Å². The van der Waals surface area contributed by atoms with Crippen molar-refractivity contribution in [3.8, 4) is 5.75 Å². The number of hydrogen-bond acceptors (Lipinski definition) is 4. The molecular weight excluding hydrogens is 535 g/mol. The van der Waals surface area contributed by atoms with Gasteiger partial charge >= 0.3 is 0 Å². The molecule has 0 saturated heterocycles. The molecule has 0 heterocycles. The predicted molar refractivity (Wildman–Crippen MR) is 121 cm³/mol. The average molecular weight is 563 g/mol. The summed E-state index contributed by atoms with van der Waals surface area (Å²) in [6.45, 7) is 6.48. The van der Waals surface area contributed by atoms with Crippen molar-refractivity contribution in [3.63, 3.8) is 0 Å². The maximum atomic E-state index is 11.4. The third-order valence-electron chi connectivity index (χ3n) is 3.10. The van der Waals surface area contributed by atoms with Crippen LogP contribution in [0.25, 0.3) is 0 Å². The van der Waals surface area contributed by atoms with Gasteiger partial charge in [0.15, 0.2) is 5.96 Å².